The third-order valence-electron chi connectivity index (χ3n) is 3.55. The summed E-state index contributed by atoms with van der Waals surface area (Å²) in [5.74, 6) is 1.72. The smallest absolute Gasteiger partial charge is 0.154 e. The highest BCUT2D eigenvalue weighted by Gasteiger charge is 2.29. The van der Waals surface area contributed by atoms with Gasteiger partial charge in [-0.1, -0.05) is 26.0 Å². The minimum absolute atomic E-state index is 0.153. The van der Waals surface area contributed by atoms with Crippen LogP contribution in [-0.4, -0.2) is 26.0 Å². The van der Waals surface area contributed by atoms with Crippen molar-refractivity contribution in [1.82, 2.24) is 0 Å². The Morgan fingerprint density at radius 1 is 1.33 bits per heavy atom. The van der Waals surface area contributed by atoms with Crippen LogP contribution in [0.3, 0.4) is 0 Å². The Morgan fingerprint density at radius 2 is 2.00 bits per heavy atom. The van der Waals surface area contributed by atoms with Crippen molar-refractivity contribution in [2.75, 3.05) is 11.5 Å². The summed E-state index contributed by atoms with van der Waals surface area (Å²) in [6.07, 6.45) is 1.54. The molecule has 0 bridgehead atoms. The first-order valence-corrected chi connectivity index (χ1v) is 8.29. The van der Waals surface area contributed by atoms with Crippen molar-refractivity contribution in [2.24, 2.45) is 0 Å². The van der Waals surface area contributed by atoms with E-state index in [2.05, 4.69) is 26.0 Å². The van der Waals surface area contributed by atoms with E-state index in [0.717, 1.165) is 12.2 Å². The molecule has 4 heteroatoms. The van der Waals surface area contributed by atoms with E-state index in [1.165, 1.54) is 5.56 Å². The first-order valence-electron chi connectivity index (χ1n) is 6.47. The van der Waals surface area contributed by atoms with Crippen LogP contribution in [0, 0.1) is 0 Å². The zero-order chi connectivity index (χ0) is 13.2. The average Bonchev–Trinajstić information content (AvgIpc) is 2.68. The molecule has 100 valence electrons. The van der Waals surface area contributed by atoms with E-state index in [4.69, 9.17) is 4.74 Å². The van der Waals surface area contributed by atoms with E-state index in [-0.39, 0.29) is 17.6 Å². The molecule has 2 atom stereocenters. The Bertz CT molecular complexity index is 490. The van der Waals surface area contributed by atoms with Gasteiger partial charge in [-0.15, -0.1) is 0 Å². The SMILES string of the molecule is CCC(C)c1ccc(OC2CCS(=O)(=O)C2)cc1. The van der Waals surface area contributed by atoms with Gasteiger partial charge in [0, 0.05) is 0 Å². The highest BCUT2D eigenvalue weighted by Crippen LogP contribution is 2.24. The minimum atomic E-state index is -2.87. The van der Waals surface area contributed by atoms with Gasteiger partial charge in [0.1, 0.15) is 11.9 Å². The number of hydrogen-bond acceptors (Lipinski definition) is 3. The topological polar surface area (TPSA) is 43.4 Å². The molecule has 1 aliphatic rings. The lowest BCUT2D eigenvalue weighted by Crippen LogP contribution is -2.17. The lowest BCUT2D eigenvalue weighted by Gasteiger charge is -2.14. The Labute approximate surface area is 109 Å². The highest BCUT2D eigenvalue weighted by molar-refractivity contribution is 7.91. The molecule has 2 unspecified atom stereocenters. The van der Waals surface area contributed by atoms with Crippen molar-refractivity contribution < 1.29 is 13.2 Å². The van der Waals surface area contributed by atoms with E-state index in [1.54, 1.807) is 0 Å². The van der Waals surface area contributed by atoms with Gasteiger partial charge in [-0.05, 0) is 36.5 Å². The number of benzene rings is 1. The number of sulfone groups is 1. The molecule has 0 N–H and O–H groups in total. The van der Waals surface area contributed by atoms with Crippen LogP contribution < -0.4 is 4.74 Å². The highest BCUT2D eigenvalue weighted by atomic mass is 32.2. The molecular weight excluding hydrogens is 248 g/mol. The van der Waals surface area contributed by atoms with Crippen LogP contribution in [-0.2, 0) is 9.84 Å². The predicted octanol–water partition coefficient (Wildman–Crippen LogP) is 2.77. The average molecular weight is 268 g/mol. The van der Waals surface area contributed by atoms with Gasteiger partial charge in [-0.25, -0.2) is 8.42 Å². The first kappa shape index (κ1) is 13.4. The predicted molar refractivity (Wildman–Crippen MR) is 72.8 cm³/mol. The monoisotopic (exact) mass is 268 g/mol. The van der Waals surface area contributed by atoms with Crippen LogP contribution in [0.25, 0.3) is 0 Å². The molecule has 0 spiro atoms. The maximum atomic E-state index is 11.3. The zero-order valence-electron chi connectivity index (χ0n) is 10.9. The minimum Gasteiger partial charge on any atom is -0.489 e. The van der Waals surface area contributed by atoms with Crippen LogP contribution in [0.2, 0.25) is 0 Å². The summed E-state index contributed by atoms with van der Waals surface area (Å²) in [5, 5.41) is 0. The second-order valence-electron chi connectivity index (χ2n) is 5.02. The van der Waals surface area contributed by atoms with Gasteiger partial charge in [-0.3, -0.25) is 0 Å². The van der Waals surface area contributed by atoms with Crippen LogP contribution >= 0.6 is 0 Å². The third-order valence-corrected chi connectivity index (χ3v) is 5.29. The van der Waals surface area contributed by atoms with Crippen LogP contribution in [0.1, 0.15) is 38.2 Å². The molecule has 0 radical (unpaired) electrons. The van der Waals surface area contributed by atoms with Gasteiger partial charge in [0.05, 0.1) is 11.5 Å². The van der Waals surface area contributed by atoms with Crippen LogP contribution in [0.4, 0.5) is 0 Å². The van der Waals surface area contributed by atoms with E-state index in [0.29, 0.717) is 12.3 Å². The molecule has 2 rings (SSSR count). The van der Waals surface area contributed by atoms with E-state index >= 15 is 0 Å². The van der Waals surface area contributed by atoms with Crippen molar-refractivity contribution in [3.63, 3.8) is 0 Å². The maximum absolute atomic E-state index is 11.3. The molecular formula is C14H20O3S. The maximum Gasteiger partial charge on any atom is 0.154 e. The van der Waals surface area contributed by atoms with Crippen molar-refractivity contribution >= 4 is 9.84 Å². The van der Waals surface area contributed by atoms with Gasteiger partial charge < -0.3 is 4.74 Å². The van der Waals surface area contributed by atoms with E-state index in [9.17, 15) is 8.42 Å². The van der Waals surface area contributed by atoms with Gasteiger partial charge >= 0.3 is 0 Å². The summed E-state index contributed by atoms with van der Waals surface area (Å²) in [4.78, 5) is 0. The summed E-state index contributed by atoms with van der Waals surface area (Å²) in [6, 6.07) is 8.00. The molecule has 1 heterocycles. The molecule has 1 aliphatic heterocycles. The Hall–Kier alpha value is -1.03. The number of hydrogen-bond donors (Lipinski definition) is 0. The van der Waals surface area contributed by atoms with Crippen molar-refractivity contribution in [3.8, 4) is 5.75 Å². The molecule has 0 amide bonds. The molecule has 0 saturated carbocycles. The lowest BCUT2D eigenvalue weighted by molar-refractivity contribution is 0.229. The second kappa shape index (κ2) is 5.31. The van der Waals surface area contributed by atoms with Gasteiger partial charge in [0.2, 0.25) is 0 Å². The fourth-order valence-electron chi connectivity index (χ4n) is 2.16. The third kappa shape index (κ3) is 3.25. The largest absolute Gasteiger partial charge is 0.489 e. The molecule has 0 aromatic heterocycles. The first-order chi connectivity index (χ1) is 8.50. The Kier molecular flexibility index (Phi) is 3.95. The molecule has 0 aliphatic carbocycles. The van der Waals surface area contributed by atoms with Gasteiger partial charge in [0.15, 0.2) is 9.84 Å². The fourth-order valence-corrected chi connectivity index (χ4v) is 3.75. The molecule has 18 heavy (non-hydrogen) atoms. The van der Waals surface area contributed by atoms with Crippen molar-refractivity contribution in [3.05, 3.63) is 29.8 Å². The molecule has 1 saturated heterocycles. The van der Waals surface area contributed by atoms with Gasteiger partial charge in [0.25, 0.3) is 0 Å². The van der Waals surface area contributed by atoms with Gasteiger partial charge in [-0.2, -0.15) is 0 Å². The zero-order valence-corrected chi connectivity index (χ0v) is 11.7. The lowest BCUT2D eigenvalue weighted by atomic mass is 9.99. The summed E-state index contributed by atoms with van der Waals surface area (Å²) >= 11 is 0. The summed E-state index contributed by atoms with van der Waals surface area (Å²) in [7, 11) is -2.87. The molecule has 1 aromatic carbocycles. The van der Waals surface area contributed by atoms with Crippen LogP contribution in [0.15, 0.2) is 24.3 Å². The van der Waals surface area contributed by atoms with Crippen molar-refractivity contribution in [2.45, 2.75) is 38.7 Å². The second-order valence-corrected chi connectivity index (χ2v) is 7.25. The summed E-state index contributed by atoms with van der Waals surface area (Å²) in [5.41, 5.74) is 1.30. The standard InChI is InChI=1S/C14H20O3S/c1-3-11(2)12-4-6-13(7-5-12)17-14-8-9-18(15,16)10-14/h4-7,11,14H,3,8-10H2,1-2H3. The number of rotatable bonds is 4. The Balaban J connectivity index is 1.99. The van der Waals surface area contributed by atoms with E-state index in [1.807, 2.05) is 12.1 Å². The fraction of sp³-hybridized carbons (Fsp3) is 0.571. The van der Waals surface area contributed by atoms with Crippen molar-refractivity contribution in [1.29, 1.82) is 0 Å². The summed E-state index contributed by atoms with van der Waals surface area (Å²) < 4.78 is 28.4. The molecule has 1 fully saturated rings. The van der Waals surface area contributed by atoms with Crippen LogP contribution in [0.5, 0.6) is 5.75 Å². The molecule has 3 nitrogen and oxygen atoms in total. The number of ether oxygens (including phenoxy) is 1. The molecule has 1 aromatic rings. The summed E-state index contributed by atoms with van der Waals surface area (Å²) in [6.45, 7) is 4.36. The quantitative estimate of drug-likeness (QED) is 0.843. The Morgan fingerprint density at radius 3 is 2.50 bits per heavy atom. The normalized spacial score (nSPS) is 23.8. The van der Waals surface area contributed by atoms with E-state index < -0.39 is 9.84 Å².